The molecule has 3 heterocycles. The Morgan fingerprint density at radius 2 is 1.90 bits per heavy atom. The van der Waals surface area contributed by atoms with E-state index in [1.165, 1.54) is 18.0 Å². The number of carbonyl (C=O) groups excluding carboxylic acids is 1. The van der Waals surface area contributed by atoms with Crippen LogP contribution in [0.3, 0.4) is 0 Å². The van der Waals surface area contributed by atoms with E-state index in [1.54, 1.807) is 6.07 Å². The second-order valence-corrected chi connectivity index (χ2v) is 8.88. The number of hydrogen-bond acceptors (Lipinski definition) is 12. The Kier molecular flexibility index (Phi) is 7.56. The topological polar surface area (TPSA) is 187 Å². The predicted molar refractivity (Wildman–Crippen MR) is 139 cm³/mol. The van der Waals surface area contributed by atoms with Crippen molar-refractivity contribution in [2.45, 2.75) is 31.1 Å². The van der Waals surface area contributed by atoms with Gasteiger partial charge in [0.1, 0.15) is 30.4 Å². The number of nitrogens with zero attached hydrogens (tertiary/aromatic N) is 4. The van der Waals surface area contributed by atoms with Crippen molar-refractivity contribution in [3.05, 3.63) is 60.4 Å². The highest BCUT2D eigenvalue weighted by Crippen LogP contribution is 2.35. The fourth-order valence-corrected chi connectivity index (χ4v) is 4.40. The minimum Gasteiger partial charge on any atom is -0.481 e. The molecular weight excluding hydrogens is 508 g/mol. The first-order valence-electron chi connectivity index (χ1n) is 12.1. The molecule has 6 N–H and O–H groups in total. The molecule has 4 atom stereocenters. The summed E-state index contributed by atoms with van der Waals surface area (Å²) in [5, 5.41) is 33.7. The number of carbonyl (C=O) groups is 1. The van der Waals surface area contributed by atoms with Crippen molar-refractivity contribution in [2.75, 3.05) is 31.4 Å². The molecule has 2 aromatic heterocycles. The fraction of sp³-hybridized carbons (Fsp3) is 0.308. The highest BCUT2D eigenvalue weighted by Gasteiger charge is 2.45. The SMILES string of the molecule is COC(=O)COc1ccccc1-c1ccc(CNc2nc3c(N)ncnc3n2[C@@H]2O[C@H](CO)C(O)C2O)cc1. The number of anilines is 2. The molecule has 1 aliphatic rings. The molecule has 204 valence electrons. The molecule has 1 saturated heterocycles. The van der Waals surface area contributed by atoms with E-state index in [0.717, 1.165) is 16.7 Å². The number of hydrogen-bond donors (Lipinski definition) is 5. The van der Waals surface area contributed by atoms with E-state index in [-0.39, 0.29) is 18.4 Å². The lowest BCUT2D eigenvalue weighted by Gasteiger charge is -2.19. The number of aliphatic hydroxyl groups is 3. The quantitative estimate of drug-likeness (QED) is 0.190. The zero-order chi connectivity index (χ0) is 27.5. The molecule has 13 heteroatoms. The number of nitrogen functional groups attached to an aromatic ring is 1. The Bertz CT molecular complexity index is 1460. The van der Waals surface area contributed by atoms with Crippen molar-refractivity contribution in [3.63, 3.8) is 0 Å². The standard InChI is InChI=1S/C26H28N6O7/c1-37-19(34)12-38-17-5-3-2-4-16(17)15-8-6-14(7-9-15)10-28-26-31-20-23(27)29-13-30-24(20)32(26)25-22(36)21(35)18(11-33)39-25/h2-9,13,18,21-22,25,33,35-36H,10-12H2,1H3,(H,28,31)(H2,27,29,30)/t18-,21?,22?,25-/m1/s1. The molecular formula is C26H28N6O7. The molecule has 4 aromatic rings. The number of nitrogens with one attached hydrogen (secondary N) is 1. The minimum atomic E-state index is -1.34. The van der Waals surface area contributed by atoms with Crippen LogP contribution < -0.4 is 15.8 Å². The summed E-state index contributed by atoms with van der Waals surface area (Å²) < 4.78 is 17.5. The van der Waals surface area contributed by atoms with E-state index < -0.39 is 37.1 Å². The summed E-state index contributed by atoms with van der Waals surface area (Å²) in [4.78, 5) is 24.2. The number of rotatable bonds is 9. The van der Waals surface area contributed by atoms with Crippen LogP contribution in [0.25, 0.3) is 22.3 Å². The Morgan fingerprint density at radius 1 is 1.13 bits per heavy atom. The summed E-state index contributed by atoms with van der Waals surface area (Å²) in [5.74, 6) is 0.519. The van der Waals surface area contributed by atoms with Crippen molar-refractivity contribution in [1.82, 2.24) is 19.5 Å². The summed E-state index contributed by atoms with van der Waals surface area (Å²) in [6, 6.07) is 15.1. The van der Waals surface area contributed by atoms with Gasteiger partial charge in [-0.05, 0) is 17.2 Å². The fourth-order valence-electron chi connectivity index (χ4n) is 4.40. The van der Waals surface area contributed by atoms with Crippen molar-refractivity contribution < 1.29 is 34.3 Å². The number of nitrogens with two attached hydrogens (primary N) is 1. The van der Waals surface area contributed by atoms with Gasteiger partial charge in [-0.15, -0.1) is 0 Å². The Morgan fingerprint density at radius 3 is 2.62 bits per heavy atom. The molecule has 5 rings (SSSR count). The molecule has 0 radical (unpaired) electrons. The highest BCUT2D eigenvalue weighted by molar-refractivity contribution is 5.84. The second kappa shape index (κ2) is 11.2. The summed E-state index contributed by atoms with van der Waals surface area (Å²) >= 11 is 0. The predicted octanol–water partition coefficient (Wildman–Crippen LogP) is 0.851. The van der Waals surface area contributed by atoms with Crippen LogP contribution in [0.5, 0.6) is 5.75 Å². The zero-order valence-corrected chi connectivity index (χ0v) is 21.0. The Labute approximate surface area is 222 Å². The Hall–Kier alpha value is -4.30. The maximum absolute atomic E-state index is 11.5. The van der Waals surface area contributed by atoms with Gasteiger partial charge >= 0.3 is 5.97 Å². The van der Waals surface area contributed by atoms with Crippen molar-refractivity contribution in [1.29, 1.82) is 0 Å². The lowest BCUT2D eigenvalue weighted by Crippen LogP contribution is -2.33. The van der Waals surface area contributed by atoms with Crippen molar-refractivity contribution >= 4 is 28.9 Å². The van der Waals surface area contributed by atoms with Gasteiger partial charge in [0, 0.05) is 12.1 Å². The van der Waals surface area contributed by atoms with Crippen LogP contribution >= 0.6 is 0 Å². The van der Waals surface area contributed by atoms with E-state index in [0.29, 0.717) is 23.5 Å². The van der Waals surface area contributed by atoms with Crippen molar-refractivity contribution in [2.24, 2.45) is 0 Å². The third-order valence-electron chi connectivity index (χ3n) is 6.45. The molecule has 1 fully saturated rings. The molecule has 0 bridgehead atoms. The monoisotopic (exact) mass is 536 g/mol. The van der Waals surface area contributed by atoms with Crippen LogP contribution in [-0.4, -0.2) is 79.4 Å². The molecule has 13 nitrogen and oxygen atoms in total. The van der Waals surface area contributed by atoms with Crippen LogP contribution in [0.2, 0.25) is 0 Å². The lowest BCUT2D eigenvalue weighted by molar-refractivity contribution is -0.142. The molecule has 2 unspecified atom stereocenters. The number of imidazole rings is 1. The van der Waals surface area contributed by atoms with Crippen LogP contribution in [0.15, 0.2) is 54.9 Å². The van der Waals surface area contributed by atoms with E-state index in [9.17, 15) is 20.1 Å². The molecule has 1 aliphatic heterocycles. The van der Waals surface area contributed by atoms with Gasteiger partial charge < -0.3 is 40.6 Å². The molecule has 0 spiro atoms. The number of fused-ring (bicyclic) bond motifs is 1. The summed E-state index contributed by atoms with van der Waals surface area (Å²) in [6.45, 7) is -0.322. The average molecular weight is 537 g/mol. The van der Waals surface area contributed by atoms with Gasteiger partial charge in [0.15, 0.2) is 29.8 Å². The largest absolute Gasteiger partial charge is 0.481 e. The number of esters is 1. The van der Waals surface area contributed by atoms with Gasteiger partial charge in [0.25, 0.3) is 0 Å². The third-order valence-corrected chi connectivity index (χ3v) is 6.45. The van der Waals surface area contributed by atoms with Crippen molar-refractivity contribution in [3.8, 4) is 16.9 Å². The maximum Gasteiger partial charge on any atom is 0.343 e. The lowest BCUT2D eigenvalue weighted by atomic mass is 10.0. The molecule has 39 heavy (non-hydrogen) atoms. The summed E-state index contributed by atoms with van der Waals surface area (Å²) in [5.41, 5.74) is 9.23. The highest BCUT2D eigenvalue weighted by atomic mass is 16.6. The van der Waals surface area contributed by atoms with Gasteiger partial charge in [-0.25, -0.2) is 19.7 Å². The average Bonchev–Trinajstić information content (AvgIpc) is 3.47. The first kappa shape index (κ1) is 26.3. The van der Waals surface area contributed by atoms with Crippen LogP contribution in [0, 0.1) is 0 Å². The van der Waals surface area contributed by atoms with Gasteiger partial charge in [0.2, 0.25) is 5.95 Å². The summed E-state index contributed by atoms with van der Waals surface area (Å²) in [7, 11) is 1.31. The first-order chi connectivity index (χ1) is 18.9. The van der Waals surface area contributed by atoms with E-state index in [2.05, 4.69) is 25.0 Å². The van der Waals surface area contributed by atoms with Gasteiger partial charge in [0.05, 0.1) is 13.7 Å². The number of ether oxygens (including phenoxy) is 3. The minimum absolute atomic E-state index is 0.144. The van der Waals surface area contributed by atoms with Crippen LogP contribution in [0.4, 0.5) is 11.8 Å². The molecule has 2 aromatic carbocycles. The van der Waals surface area contributed by atoms with E-state index in [1.807, 2.05) is 42.5 Å². The van der Waals surface area contributed by atoms with E-state index in [4.69, 9.17) is 15.2 Å². The third kappa shape index (κ3) is 5.20. The van der Waals surface area contributed by atoms with E-state index >= 15 is 0 Å². The smallest absolute Gasteiger partial charge is 0.343 e. The number of benzene rings is 2. The maximum atomic E-state index is 11.5. The number of aromatic nitrogens is 4. The first-order valence-corrected chi connectivity index (χ1v) is 12.1. The van der Waals surface area contributed by atoms with Gasteiger partial charge in [-0.2, -0.15) is 0 Å². The second-order valence-electron chi connectivity index (χ2n) is 8.88. The van der Waals surface area contributed by atoms with Gasteiger partial charge in [-0.3, -0.25) is 4.57 Å². The molecule has 0 amide bonds. The molecule has 0 aliphatic carbocycles. The Balaban J connectivity index is 1.38. The number of para-hydroxylation sites is 1. The zero-order valence-electron chi connectivity index (χ0n) is 21.0. The number of methoxy groups -OCH3 is 1. The number of aliphatic hydroxyl groups excluding tert-OH is 3. The summed E-state index contributed by atoms with van der Waals surface area (Å²) in [6.07, 6.45) is -3.40. The molecule has 0 saturated carbocycles. The van der Waals surface area contributed by atoms with Gasteiger partial charge in [-0.1, -0.05) is 42.5 Å². The van der Waals surface area contributed by atoms with Crippen LogP contribution in [0.1, 0.15) is 11.8 Å². The normalized spacial score (nSPS) is 20.7. The van der Waals surface area contributed by atoms with Crippen LogP contribution in [-0.2, 0) is 20.8 Å².